The first kappa shape index (κ1) is 23.8. The van der Waals surface area contributed by atoms with Crippen molar-refractivity contribution in [3.8, 4) is 11.4 Å². The highest BCUT2D eigenvalue weighted by atomic mass is 79.9. The number of amides is 2. The number of tetrazole rings is 1. The van der Waals surface area contributed by atoms with E-state index in [0.717, 1.165) is 20.5 Å². The minimum absolute atomic E-state index is 0.226. The molecule has 0 spiro atoms. The summed E-state index contributed by atoms with van der Waals surface area (Å²) in [5, 5.41) is 20.7. The van der Waals surface area contributed by atoms with Gasteiger partial charge in [0.25, 0.3) is 11.8 Å². The SMILES string of the molecule is CCSc1ccc(C(=O)Nc2cccc3cc(C(=O)Nc4ccc(Br)cc4-c4nn[nH]n4)[nH]c23)cc1. The van der Waals surface area contributed by atoms with Gasteiger partial charge in [-0.05, 0) is 65.6 Å². The second-order valence-electron chi connectivity index (χ2n) is 7.74. The van der Waals surface area contributed by atoms with Gasteiger partial charge in [-0.25, -0.2) is 0 Å². The number of carbonyl (C=O) groups is 2. The number of aromatic amines is 2. The van der Waals surface area contributed by atoms with Crippen LogP contribution in [-0.2, 0) is 0 Å². The fourth-order valence-corrected chi connectivity index (χ4v) is 4.75. The van der Waals surface area contributed by atoms with Crippen molar-refractivity contribution in [2.75, 3.05) is 16.4 Å². The molecule has 9 nitrogen and oxygen atoms in total. The zero-order valence-electron chi connectivity index (χ0n) is 19.0. The highest BCUT2D eigenvalue weighted by Crippen LogP contribution is 2.30. The number of thioether (sulfide) groups is 1. The molecule has 0 bridgehead atoms. The summed E-state index contributed by atoms with van der Waals surface area (Å²) in [5.41, 5.74) is 3.28. The van der Waals surface area contributed by atoms with Crippen LogP contribution in [0.4, 0.5) is 11.4 Å². The molecule has 11 heteroatoms. The zero-order chi connectivity index (χ0) is 25.1. The normalized spacial score (nSPS) is 10.9. The molecule has 0 atom stereocenters. The van der Waals surface area contributed by atoms with Crippen molar-refractivity contribution in [3.05, 3.63) is 82.5 Å². The van der Waals surface area contributed by atoms with Gasteiger partial charge in [0.15, 0.2) is 0 Å². The molecule has 5 aromatic rings. The molecule has 180 valence electrons. The smallest absolute Gasteiger partial charge is 0.272 e. The third-order valence-electron chi connectivity index (χ3n) is 5.39. The monoisotopic (exact) mass is 561 g/mol. The molecule has 0 unspecified atom stereocenters. The van der Waals surface area contributed by atoms with Crippen molar-refractivity contribution in [3.63, 3.8) is 0 Å². The van der Waals surface area contributed by atoms with Gasteiger partial charge in [0.1, 0.15) is 5.69 Å². The van der Waals surface area contributed by atoms with Crippen molar-refractivity contribution >= 4 is 61.8 Å². The number of nitrogens with zero attached hydrogens (tertiary/aromatic N) is 3. The number of nitrogens with one attached hydrogen (secondary N) is 4. The summed E-state index contributed by atoms with van der Waals surface area (Å²) in [6.07, 6.45) is 0. The van der Waals surface area contributed by atoms with E-state index in [0.29, 0.717) is 39.5 Å². The summed E-state index contributed by atoms with van der Waals surface area (Å²) in [5.74, 6) is 0.751. The number of para-hydroxylation sites is 1. The van der Waals surface area contributed by atoms with Crippen LogP contribution in [0.2, 0.25) is 0 Å². The van der Waals surface area contributed by atoms with Crippen molar-refractivity contribution < 1.29 is 9.59 Å². The highest BCUT2D eigenvalue weighted by Gasteiger charge is 2.17. The van der Waals surface area contributed by atoms with Crippen LogP contribution in [0.3, 0.4) is 0 Å². The Hall–Kier alpha value is -3.96. The van der Waals surface area contributed by atoms with Gasteiger partial charge in [-0.3, -0.25) is 9.59 Å². The van der Waals surface area contributed by atoms with E-state index >= 15 is 0 Å². The van der Waals surface area contributed by atoms with Crippen LogP contribution in [0, 0.1) is 0 Å². The largest absolute Gasteiger partial charge is 0.349 e. The van der Waals surface area contributed by atoms with Gasteiger partial charge in [0, 0.05) is 25.9 Å². The number of aromatic nitrogens is 5. The predicted molar refractivity (Wildman–Crippen MR) is 144 cm³/mol. The van der Waals surface area contributed by atoms with Crippen molar-refractivity contribution in [1.29, 1.82) is 0 Å². The molecule has 0 radical (unpaired) electrons. The standard InChI is InChI=1S/C25H20BrN7O2S/c1-2-36-17-9-6-14(7-10-17)24(34)29-20-5-3-4-15-12-21(27-22(15)20)25(35)28-19-11-8-16(26)13-18(19)23-30-32-33-31-23/h3-13,27H,2H2,1H3,(H,28,35)(H,29,34)(H,30,31,32,33). The summed E-state index contributed by atoms with van der Waals surface area (Å²) in [7, 11) is 0. The van der Waals surface area contributed by atoms with Gasteiger partial charge in [0.2, 0.25) is 5.82 Å². The fraction of sp³-hybridized carbons (Fsp3) is 0.0800. The molecule has 0 aliphatic rings. The van der Waals surface area contributed by atoms with E-state index < -0.39 is 0 Å². The number of rotatable bonds is 7. The molecule has 0 saturated carbocycles. The lowest BCUT2D eigenvalue weighted by molar-refractivity contribution is 0.101. The first-order valence-corrected chi connectivity index (χ1v) is 12.8. The summed E-state index contributed by atoms with van der Waals surface area (Å²) in [6.45, 7) is 2.09. The summed E-state index contributed by atoms with van der Waals surface area (Å²) in [4.78, 5) is 30.2. The Morgan fingerprint density at radius 1 is 0.972 bits per heavy atom. The Morgan fingerprint density at radius 3 is 2.53 bits per heavy atom. The topological polar surface area (TPSA) is 128 Å². The third kappa shape index (κ3) is 5.02. The van der Waals surface area contributed by atoms with E-state index in [2.05, 4.69) is 59.1 Å². The lowest BCUT2D eigenvalue weighted by atomic mass is 10.1. The van der Waals surface area contributed by atoms with E-state index in [1.165, 1.54) is 0 Å². The predicted octanol–water partition coefficient (Wildman–Crippen LogP) is 5.73. The maximum Gasteiger partial charge on any atom is 0.272 e. The molecule has 2 heterocycles. The molecule has 3 aromatic carbocycles. The first-order chi connectivity index (χ1) is 17.5. The van der Waals surface area contributed by atoms with Gasteiger partial charge in [-0.1, -0.05) is 35.0 Å². The summed E-state index contributed by atoms with van der Waals surface area (Å²) < 4.78 is 0.810. The van der Waals surface area contributed by atoms with Crippen LogP contribution in [-0.4, -0.2) is 43.2 Å². The quantitative estimate of drug-likeness (QED) is 0.188. The minimum atomic E-state index is -0.348. The van der Waals surface area contributed by atoms with Crippen LogP contribution in [0.25, 0.3) is 22.3 Å². The van der Waals surface area contributed by atoms with Crippen molar-refractivity contribution in [2.45, 2.75) is 11.8 Å². The van der Waals surface area contributed by atoms with Crippen molar-refractivity contribution in [2.24, 2.45) is 0 Å². The lowest BCUT2D eigenvalue weighted by Gasteiger charge is -2.09. The average molecular weight is 562 g/mol. The second kappa shape index (κ2) is 10.3. The third-order valence-corrected chi connectivity index (χ3v) is 6.78. The number of halogens is 1. The number of hydrogen-bond donors (Lipinski definition) is 4. The Kier molecular flexibility index (Phi) is 6.83. The van der Waals surface area contributed by atoms with Crippen LogP contribution in [0.5, 0.6) is 0 Å². The average Bonchev–Trinajstić information content (AvgIpc) is 3.57. The number of carbonyl (C=O) groups excluding carboxylic acids is 2. The zero-order valence-corrected chi connectivity index (χ0v) is 21.4. The van der Waals surface area contributed by atoms with E-state index in [9.17, 15) is 9.59 Å². The molecule has 36 heavy (non-hydrogen) atoms. The Balaban J connectivity index is 1.38. The summed E-state index contributed by atoms with van der Waals surface area (Å²) in [6, 6.07) is 20.1. The molecular formula is C25H20BrN7O2S. The Bertz CT molecular complexity index is 1550. The Morgan fingerprint density at radius 2 is 1.78 bits per heavy atom. The van der Waals surface area contributed by atoms with Crippen LogP contribution in [0.1, 0.15) is 27.8 Å². The molecule has 5 rings (SSSR count). The van der Waals surface area contributed by atoms with Gasteiger partial charge < -0.3 is 15.6 Å². The Labute approximate surface area is 218 Å². The van der Waals surface area contributed by atoms with E-state index in [-0.39, 0.29) is 11.8 Å². The molecule has 0 aliphatic carbocycles. The van der Waals surface area contributed by atoms with Gasteiger partial charge in [0.05, 0.1) is 16.9 Å². The van der Waals surface area contributed by atoms with E-state index in [1.54, 1.807) is 48.2 Å². The number of hydrogen-bond acceptors (Lipinski definition) is 6. The van der Waals surface area contributed by atoms with Crippen LogP contribution >= 0.6 is 27.7 Å². The number of anilines is 2. The molecule has 4 N–H and O–H groups in total. The van der Waals surface area contributed by atoms with Gasteiger partial charge in [-0.15, -0.1) is 22.0 Å². The number of fused-ring (bicyclic) bond motifs is 1. The maximum atomic E-state index is 13.1. The summed E-state index contributed by atoms with van der Waals surface area (Å²) >= 11 is 5.15. The molecule has 2 aromatic heterocycles. The second-order valence-corrected chi connectivity index (χ2v) is 10.00. The maximum absolute atomic E-state index is 13.1. The minimum Gasteiger partial charge on any atom is -0.349 e. The van der Waals surface area contributed by atoms with Crippen molar-refractivity contribution in [1.82, 2.24) is 25.6 Å². The highest BCUT2D eigenvalue weighted by molar-refractivity contribution is 9.10. The van der Waals surface area contributed by atoms with E-state index in [1.807, 2.05) is 30.3 Å². The van der Waals surface area contributed by atoms with Crippen LogP contribution in [0.15, 0.2) is 76.1 Å². The lowest BCUT2D eigenvalue weighted by Crippen LogP contribution is -2.13. The molecular weight excluding hydrogens is 542 g/mol. The van der Waals surface area contributed by atoms with E-state index in [4.69, 9.17) is 0 Å². The van der Waals surface area contributed by atoms with Crippen LogP contribution < -0.4 is 10.6 Å². The number of H-pyrrole nitrogens is 2. The molecule has 2 amide bonds. The molecule has 0 saturated heterocycles. The molecule has 0 aliphatic heterocycles. The fourth-order valence-electron chi connectivity index (χ4n) is 3.72. The number of benzene rings is 3. The molecule has 0 fully saturated rings. The van der Waals surface area contributed by atoms with Gasteiger partial charge >= 0.3 is 0 Å². The first-order valence-electron chi connectivity index (χ1n) is 11.0. The van der Waals surface area contributed by atoms with Gasteiger partial charge in [-0.2, -0.15) is 5.21 Å².